The highest BCUT2D eigenvalue weighted by Crippen LogP contribution is 2.33. The van der Waals surface area contributed by atoms with Gasteiger partial charge in [0.05, 0.1) is 30.1 Å². The fourth-order valence-corrected chi connectivity index (χ4v) is 4.00. The zero-order valence-electron chi connectivity index (χ0n) is 19.5. The van der Waals surface area contributed by atoms with Crippen molar-refractivity contribution in [3.8, 4) is 11.4 Å². The SMILES string of the molecule is COc1ccc([C@@H]2CC(c3ccccc3)=NN2C(=O)COC(=O)c2ccc(-n3cncn3)cc2)cc1. The van der Waals surface area contributed by atoms with E-state index in [0.29, 0.717) is 12.0 Å². The van der Waals surface area contributed by atoms with Gasteiger partial charge in [-0.25, -0.2) is 19.5 Å². The zero-order valence-corrected chi connectivity index (χ0v) is 19.5. The van der Waals surface area contributed by atoms with Gasteiger partial charge in [0.2, 0.25) is 0 Å². The molecule has 9 heteroatoms. The number of benzene rings is 3. The molecule has 0 fully saturated rings. The van der Waals surface area contributed by atoms with Gasteiger partial charge in [-0.05, 0) is 47.5 Å². The Kier molecular flexibility index (Phi) is 6.53. The van der Waals surface area contributed by atoms with Crippen molar-refractivity contribution in [3.05, 3.63) is 108 Å². The molecule has 0 spiro atoms. The molecule has 1 aliphatic heterocycles. The van der Waals surface area contributed by atoms with Crippen LogP contribution in [0.2, 0.25) is 0 Å². The monoisotopic (exact) mass is 481 g/mol. The molecule has 1 atom stereocenters. The molecule has 0 saturated heterocycles. The Hall–Kier alpha value is -4.79. The summed E-state index contributed by atoms with van der Waals surface area (Å²) < 4.78 is 12.2. The molecule has 1 aromatic heterocycles. The van der Waals surface area contributed by atoms with Crippen LogP contribution in [0, 0.1) is 0 Å². The molecule has 0 aliphatic carbocycles. The van der Waals surface area contributed by atoms with E-state index in [2.05, 4.69) is 15.2 Å². The Labute approximate surface area is 207 Å². The maximum atomic E-state index is 13.2. The molecule has 4 aromatic rings. The first-order valence-corrected chi connectivity index (χ1v) is 11.3. The number of esters is 1. The van der Waals surface area contributed by atoms with Gasteiger partial charge in [0.15, 0.2) is 6.61 Å². The number of hydrazone groups is 1. The molecule has 2 heterocycles. The molecule has 0 N–H and O–H groups in total. The zero-order chi connectivity index (χ0) is 24.9. The van der Waals surface area contributed by atoms with Crippen molar-refractivity contribution in [1.29, 1.82) is 0 Å². The second kappa shape index (κ2) is 10.2. The predicted molar refractivity (Wildman–Crippen MR) is 132 cm³/mol. The molecule has 36 heavy (non-hydrogen) atoms. The number of carbonyl (C=O) groups is 2. The standard InChI is InChI=1S/C27H23N5O4/c1-35-23-13-9-20(10-14-23)25-15-24(19-5-3-2-4-6-19)30-32(25)26(33)16-36-27(34)21-7-11-22(12-8-21)31-18-28-17-29-31/h2-14,17-18,25H,15-16H2,1H3/t25-/m0/s1. The van der Waals surface area contributed by atoms with Crippen LogP contribution in [0.15, 0.2) is 96.6 Å². The Balaban J connectivity index is 1.30. The minimum atomic E-state index is -0.596. The first-order chi connectivity index (χ1) is 17.6. The molecular weight excluding hydrogens is 458 g/mol. The molecule has 1 aliphatic rings. The van der Waals surface area contributed by atoms with E-state index in [4.69, 9.17) is 9.47 Å². The highest BCUT2D eigenvalue weighted by atomic mass is 16.5. The fourth-order valence-electron chi connectivity index (χ4n) is 4.00. The lowest BCUT2D eigenvalue weighted by Crippen LogP contribution is -2.31. The average molecular weight is 482 g/mol. The summed E-state index contributed by atoms with van der Waals surface area (Å²) in [4.78, 5) is 29.7. The maximum absolute atomic E-state index is 13.2. The molecule has 180 valence electrons. The van der Waals surface area contributed by atoms with Gasteiger partial charge in [0.1, 0.15) is 18.4 Å². The number of rotatable bonds is 7. The van der Waals surface area contributed by atoms with E-state index in [0.717, 1.165) is 28.3 Å². The summed E-state index contributed by atoms with van der Waals surface area (Å²) in [5.41, 5.74) is 3.72. The lowest BCUT2D eigenvalue weighted by molar-refractivity contribution is -0.136. The number of amides is 1. The summed E-state index contributed by atoms with van der Waals surface area (Å²) >= 11 is 0. The van der Waals surface area contributed by atoms with Crippen molar-refractivity contribution in [2.24, 2.45) is 5.10 Å². The first kappa shape index (κ1) is 23.0. The average Bonchev–Trinajstić information content (AvgIpc) is 3.63. The van der Waals surface area contributed by atoms with Crippen LogP contribution in [-0.4, -0.2) is 51.1 Å². The smallest absolute Gasteiger partial charge is 0.338 e. The topological polar surface area (TPSA) is 98.9 Å². The Morgan fingerprint density at radius 2 is 1.72 bits per heavy atom. The van der Waals surface area contributed by atoms with E-state index in [-0.39, 0.29) is 6.04 Å². The van der Waals surface area contributed by atoms with Crippen molar-refractivity contribution >= 4 is 17.6 Å². The van der Waals surface area contributed by atoms with Gasteiger partial charge >= 0.3 is 5.97 Å². The number of hydrogen-bond acceptors (Lipinski definition) is 7. The van der Waals surface area contributed by atoms with E-state index in [9.17, 15) is 9.59 Å². The highest BCUT2D eigenvalue weighted by Gasteiger charge is 2.33. The molecule has 3 aromatic carbocycles. The number of ether oxygens (including phenoxy) is 2. The summed E-state index contributed by atoms with van der Waals surface area (Å²) in [5, 5.41) is 10.1. The molecule has 5 rings (SSSR count). The van der Waals surface area contributed by atoms with Crippen LogP contribution in [0.3, 0.4) is 0 Å². The summed E-state index contributed by atoms with van der Waals surface area (Å²) in [7, 11) is 1.60. The van der Waals surface area contributed by atoms with Crippen molar-refractivity contribution in [1.82, 2.24) is 19.8 Å². The predicted octanol–water partition coefficient (Wildman–Crippen LogP) is 3.81. The van der Waals surface area contributed by atoms with Gasteiger partial charge in [-0.1, -0.05) is 42.5 Å². The second-order valence-corrected chi connectivity index (χ2v) is 8.11. The highest BCUT2D eigenvalue weighted by molar-refractivity contribution is 6.03. The maximum Gasteiger partial charge on any atom is 0.338 e. The molecule has 0 radical (unpaired) electrons. The summed E-state index contributed by atoms with van der Waals surface area (Å²) in [5.74, 6) is -0.280. The van der Waals surface area contributed by atoms with Crippen LogP contribution in [0.5, 0.6) is 5.75 Å². The molecule has 9 nitrogen and oxygen atoms in total. The van der Waals surface area contributed by atoms with Gasteiger partial charge in [0.25, 0.3) is 5.91 Å². The quantitative estimate of drug-likeness (QED) is 0.372. The van der Waals surface area contributed by atoms with Crippen LogP contribution >= 0.6 is 0 Å². The molecule has 0 unspecified atom stereocenters. The van der Waals surface area contributed by atoms with Gasteiger partial charge in [0, 0.05) is 6.42 Å². The third-order valence-electron chi connectivity index (χ3n) is 5.89. The van der Waals surface area contributed by atoms with E-state index in [1.54, 1.807) is 42.4 Å². The Bertz CT molecular complexity index is 1370. The van der Waals surface area contributed by atoms with E-state index < -0.39 is 18.5 Å². The van der Waals surface area contributed by atoms with Crippen LogP contribution in [0.1, 0.15) is 33.9 Å². The first-order valence-electron chi connectivity index (χ1n) is 11.3. The minimum Gasteiger partial charge on any atom is -0.497 e. The van der Waals surface area contributed by atoms with Gasteiger partial charge in [-0.2, -0.15) is 10.2 Å². The van der Waals surface area contributed by atoms with Crippen molar-refractivity contribution in [2.75, 3.05) is 13.7 Å². The molecule has 0 saturated carbocycles. The molecule has 1 amide bonds. The van der Waals surface area contributed by atoms with Crippen LogP contribution in [-0.2, 0) is 9.53 Å². The fraction of sp³-hybridized carbons (Fsp3) is 0.148. The van der Waals surface area contributed by atoms with Gasteiger partial charge < -0.3 is 9.47 Å². The lowest BCUT2D eigenvalue weighted by Gasteiger charge is -2.22. The van der Waals surface area contributed by atoms with Crippen LogP contribution < -0.4 is 4.74 Å². The largest absolute Gasteiger partial charge is 0.497 e. The third kappa shape index (κ3) is 4.85. The summed E-state index contributed by atoms with van der Waals surface area (Å²) in [6.07, 6.45) is 3.53. The van der Waals surface area contributed by atoms with Crippen molar-refractivity contribution < 1.29 is 19.1 Å². The van der Waals surface area contributed by atoms with Crippen LogP contribution in [0.4, 0.5) is 0 Å². The third-order valence-corrected chi connectivity index (χ3v) is 5.89. The van der Waals surface area contributed by atoms with Crippen molar-refractivity contribution in [2.45, 2.75) is 12.5 Å². The number of hydrogen-bond donors (Lipinski definition) is 0. The van der Waals surface area contributed by atoms with Crippen LogP contribution in [0.25, 0.3) is 5.69 Å². The molecular formula is C27H23N5O4. The number of carbonyl (C=O) groups excluding carboxylic acids is 2. The Morgan fingerprint density at radius 3 is 2.39 bits per heavy atom. The number of nitrogens with zero attached hydrogens (tertiary/aromatic N) is 5. The van der Waals surface area contributed by atoms with E-state index in [1.807, 2.05) is 54.6 Å². The second-order valence-electron chi connectivity index (χ2n) is 8.11. The van der Waals surface area contributed by atoms with Gasteiger partial charge in [-0.3, -0.25) is 4.79 Å². The van der Waals surface area contributed by atoms with Gasteiger partial charge in [-0.15, -0.1) is 0 Å². The van der Waals surface area contributed by atoms with E-state index >= 15 is 0 Å². The Morgan fingerprint density at radius 1 is 0.972 bits per heavy atom. The van der Waals surface area contributed by atoms with E-state index in [1.165, 1.54) is 11.3 Å². The minimum absolute atomic E-state index is 0.320. The normalized spacial score (nSPS) is 14.9. The molecule has 0 bridgehead atoms. The number of aromatic nitrogens is 3. The lowest BCUT2D eigenvalue weighted by atomic mass is 9.98. The summed E-state index contributed by atoms with van der Waals surface area (Å²) in [6, 6.07) is 23.6. The van der Waals surface area contributed by atoms with Crippen molar-refractivity contribution in [3.63, 3.8) is 0 Å². The number of methoxy groups -OCH3 is 1. The summed E-state index contributed by atoms with van der Waals surface area (Å²) in [6.45, 7) is -0.429.